The summed E-state index contributed by atoms with van der Waals surface area (Å²) in [6.07, 6.45) is 1.80. The van der Waals surface area contributed by atoms with E-state index in [4.69, 9.17) is 11.6 Å². The van der Waals surface area contributed by atoms with Crippen molar-refractivity contribution in [3.63, 3.8) is 0 Å². The number of rotatable bonds is 4. The lowest BCUT2D eigenvalue weighted by atomic mass is 10.5. The van der Waals surface area contributed by atoms with E-state index in [0.717, 1.165) is 18.0 Å². The van der Waals surface area contributed by atoms with E-state index in [1.54, 1.807) is 18.1 Å². The van der Waals surface area contributed by atoms with Crippen molar-refractivity contribution in [1.29, 1.82) is 0 Å². The van der Waals surface area contributed by atoms with Gasteiger partial charge in [0.1, 0.15) is 5.15 Å². The smallest absolute Gasteiger partial charge is 0.129 e. The summed E-state index contributed by atoms with van der Waals surface area (Å²) in [5.41, 5.74) is 0. The quantitative estimate of drug-likeness (QED) is 0.569. The third-order valence-corrected chi connectivity index (χ3v) is 3.09. The van der Waals surface area contributed by atoms with Crippen molar-refractivity contribution in [1.82, 2.24) is 9.29 Å². The molecule has 4 heteroatoms. The number of halogens is 1. The highest BCUT2D eigenvalue weighted by molar-refractivity contribution is 7.97. The number of hydrogen-bond acceptors (Lipinski definition) is 3. The van der Waals surface area contributed by atoms with Gasteiger partial charge in [0.2, 0.25) is 0 Å². The molecule has 1 rings (SSSR count). The molecule has 0 unspecified atom stereocenters. The predicted octanol–water partition coefficient (Wildman–Crippen LogP) is 3.08. The molecule has 0 aromatic carbocycles. The van der Waals surface area contributed by atoms with Crippen LogP contribution in [-0.2, 0) is 0 Å². The van der Waals surface area contributed by atoms with Gasteiger partial charge < -0.3 is 0 Å². The van der Waals surface area contributed by atoms with Gasteiger partial charge in [-0.25, -0.2) is 9.29 Å². The third-order valence-electron chi connectivity index (χ3n) is 1.64. The molecule has 0 aliphatic heterocycles. The molecule has 0 atom stereocenters. The molecular formula is C9H13ClN2S. The van der Waals surface area contributed by atoms with Crippen LogP contribution in [0.4, 0.5) is 0 Å². The van der Waals surface area contributed by atoms with Crippen LogP contribution in [0.3, 0.4) is 0 Å². The Bertz CT molecular complexity index is 246. The molecular weight excluding hydrogens is 204 g/mol. The fraction of sp³-hybridized carbons (Fsp3) is 0.444. The van der Waals surface area contributed by atoms with Crippen LogP contribution in [0, 0.1) is 0 Å². The average molecular weight is 217 g/mol. The van der Waals surface area contributed by atoms with E-state index in [0.29, 0.717) is 5.15 Å². The molecule has 0 N–H and O–H groups in total. The lowest BCUT2D eigenvalue weighted by Gasteiger charge is -2.15. The van der Waals surface area contributed by atoms with Gasteiger partial charge in [0.05, 0.1) is 0 Å². The van der Waals surface area contributed by atoms with Crippen molar-refractivity contribution in [2.45, 2.75) is 18.7 Å². The summed E-state index contributed by atoms with van der Waals surface area (Å²) in [5, 5.41) is 0.545. The molecule has 0 aliphatic carbocycles. The molecule has 0 bridgehead atoms. The summed E-state index contributed by atoms with van der Waals surface area (Å²) < 4.78 is 2.25. The maximum Gasteiger partial charge on any atom is 0.129 e. The first kappa shape index (κ1) is 10.8. The van der Waals surface area contributed by atoms with Crippen LogP contribution in [0.5, 0.6) is 0 Å². The normalized spacial score (nSPS) is 10.8. The molecule has 13 heavy (non-hydrogen) atoms. The molecule has 0 aliphatic rings. The molecule has 0 spiro atoms. The van der Waals surface area contributed by atoms with Crippen LogP contribution in [0.15, 0.2) is 23.2 Å². The Labute approximate surface area is 88.4 Å². The first-order valence-electron chi connectivity index (χ1n) is 4.30. The SMILES string of the molecule is CCN(CC)Sc1ccc(Cl)nc1. The number of hydrogen-bond donors (Lipinski definition) is 0. The van der Waals surface area contributed by atoms with E-state index in [9.17, 15) is 0 Å². The fourth-order valence-electron chi connectivity index (χ4n) is 0.918. The van der Waals surface area contributed by atoms with Crippen LogP contribution < -0.4 is 0 Å². The maximum absolute atomic E-state index is 5.68. The second-order valence-corrected chi connectivity index (χ2v) is 4.08. The first-order valence-corrected chi connectivity index (χ1v) is 5.45. The average Bonchev–Trinajstić information content (AvgIpc) is 2.17. The molecule has 0 amide bonds. The van der Waals surface area contributed by atoms with Crippen LogP contribution in [0.1, 0.15) is 13.8 Å². The third kappa shape index (κ3) is 3.55. The molecule has 0 saturated heterocycles. The second kappa shape index (κ2) is 5.47. The molecule has 72 valence electrons. The van der Waals surface area contributed by atoms with Crippen molar-refractivity contribution in [2.75, 3.05) is 13.1 Å². The van der Waals surface area contributed by atoms with E-state index in [1.807, 2.05) is 12.1 Å². The molecule has 0 fully saturated rings. The zero-order valence-electron chi connectivity index (χ0n) is 7.83. The number of aromatic nitrogens is 1. The van der Waals surface area contributed by atoms with Gasteiger partial charge in [-0.05, 0) is 24.1 Å². The monoisotopic (exact) mass is 216 g/mol. The zero-order valence-corrected chi connectivity index (χ0v) is 9.40. The highest BCUT2D eigenvalue weighted by Gasteiger charge is 2.01. The minimum Gasteiger partial charge on any atom is -0.247 e. The molecule has 1 aromatic rings. The van der Waals surface area contributed by atoms with Gasteiger partial charge in [-0.2, -0.15) is 0 Å². The summed E-state index contributed by atoms with van der Waals surface area (Å²) in [4.78, 5) is 5.15. The highest BCUT2D eigenvalue weighted by Crippen LogP contribution is 2.21. The standard InChI is InChI=1S/C9H13ClN2S/c1-3-12(4-2)13-8-5-6-9(10)11-7-8/h5-7H,3-4H2,1-2H3. The molecule has 1 heterocycles. The number of nitrogens with zero attached hydrogens (tertiary/aromatic N) is 2. The van der Waals surface area contributed by atoms with E-state index < -0.39 is 0 Å². The van der Waals surface area contributed by atoms with Gasteiger partial charge >= 0.3 is 0 Å². The van der Waals surface area contributed by atoms with E-state index in [1.165, 1.54) is 0 Å². The Balaban J connectivity index is 2.58. The van der Waals surface area contributed by atoms with Gasteiger partial charge in [-0.1, -0.05) is 25.4 Å². The van der Waals surface area contributed by atoms with Gasteiger partial charge in [-0.15, -0.1) is 0 Å². The van der Waals surface area contributed by atoms with Crippen LogP contribution >= 0.6 is 23.5 Å². The largest absolute Gasteiger partial charge is 0.247 e. The van der Waals surface area contributed by atoms with Crippen LogP contribution in [-0.4, -0.2) is 22.4 Å². The topological polar surface area (TPSA) is 16.1 Å². The molecule has 0 radical (unpaired) electrons. The summed E-state index contributed by atoms with van der Waals surface area (Å²) in [7, 11) is 0. The van der Waals surface area contributed by atoms with E-state index in [-0.39, 0.29) is 0 Å². The van der Waals surface area contributed by atoms with Crippen molar-refractivity contribution in [3.05, 3.63) is 23.5 Å². The van der Waals surface area contributed by atoms with Crippen LogP contribution in [0.25, 0.3) is 0 Å². The number of pyridine rings is 1. The molecule has 1 aromatic heterocycles. The molecule has 2 nitrogen and oxygen atoms in total. The van der Waals surface area contributed by atoms with Crippen molar-refractivity contribution in [3.8, 4) is 0 Å². The van der Waals surface area contributed by atoms with Gasteiger partial charge in [0.25, 0.3) is 0 Å². The Hall–Kier alpha value is -0.250. The first-order chi connectivity index (χ1) is 6.26. The summed E-state index contributed by atoms with van der Waals surface area (Å²) in [5.74, 6) is 0. The summed E-state index contributed by atoms with van der Waals surface area (Å²) in [6, 6.07) is 3.80. The maximum atomic E-state index is 5.68. The zero-order chi connectivity index (χ0) is 9.68. The lowest BCUT2D eigenvalue weighted by Crippen LogP contribution is -2.13. The second-order valence-electron chi connectivity index (χ2n) is 2.52. The van der Waals surface area contributed by atoms with E-state index >= 15 is 0 Å². The van der Waals surface area contributed by atoms with Crippen LogP contribution in [0.2, 0.25) is 5.15 Å². The Kier molecular flexibility index (Phi) is 4.56. The summed E-state index contributed by atoms with van der Waals surface area (Å²) in [6.45, 7) is 6.34. The van der Waals surface area contributed by atoms with Gasteiger partial charge in [0.15, 0.2) is 0 Å². The van der Waals surface area contributed by atoms with Gasteiger partial charge in [0, 0.05) is 24.2 Å². The van der Waals surface area contributed by atoms with E-state index in [2.05, 4.69) is 23.1 Å². The Morgan fingerprint density at radius 2 is 2.08 bits per heavy atom. The Morgan fingerprint density at radius 1 is 1.38 bits per heavy atom. The van der Waals surface area contributed by atoms with Crippen molar-refractivity contribution in [2.24, 2.45) is 0 Å². The Morgan fingerprint density at radius 3 is 2.54 bits per heavy atom. The van der Waals surface area contributed by atoms with Crippen molar-refractivity contribution < 1.29 is 0 Å². The summed E-state index contributed by atoms with van der Waals surface area (Å²) >= 11 is 7.39. The van der Waals surface area contributed by atoms with Crippen molar-refractivity contribution >= 4 is 23.5 Å². The van der Waals surface area contributed by atoms with Gasteiger partial charge in [-0.3, -0.25) is 0 Å². The minimum absolute atomic E-state index is 0.545. The molecule has 0 saturated carbocycles. The fourth-order valence-corrected chi connectivity index (χ4v) is 1.81. The lowest BCUT2D eigenvalue weighted by molar-refractivity contribution is 0.525. The highest BCUT2D eigenvalue weighted by atomic mass is 35.5. The minimum atomic E-state index is 0.545. The predicted molar refractivity (Wildman–Crippen MR) is 58.0 cm³/mol.